The molecule has 0 bridgehead atoms. The first-order valence-electron chi connectivity index (χ1n) is 8.22. The average molecular weight is 344 g/mol. The third-order valence-electron chi connectivity index (χ3n) is 4.43. The summed E-state index contributed by atoms with van der Waals surface area (Å²) in [6.45, 7) is 0. The Balaban J connectivity index is 1.73. The van der Waals surface area contributed by atoms with E-state index < -0.39 is 11.4 Å². The number of hydrogen-bond donors (Lipinski definition) is 2. The molecule has 132 valence electrons. The summed E-state index contributed by atoms with van der Waals surface area (Å²) >= 11 is 0. The Labute approximate surface area is 145 Å². The predicted octanol–water partition coefficient (Wildman–Crippen LogP) is 3.84. The van der Waals surface area contributed by atoms with Crippen LogP contribution in [-0.2, 0) is 4.79 Å². The molecule has 0 spiro atoms. The van der Waals surface area contributed by atoms with Crippen molar-refractivity contribution < 1.29 is 18.7 Å². The summed E-state index contributed by atoms with van der Waals surface area (Å²) in [5, 5.41) is 2.69. The fourth-order valence-corrected chi connectivity index (χ4v) is 2.97. The molecule has 3 N–H and O–H groups in total. The number of amides is 1. The van der Waals surface area contributed by atoms with Crippen molar-refractivity contribution in [2.24, 2.45) is 5.73 Å². The van der Waals surface area contributed by atoms with Crippen molar-refractivity contribution in [3.63, 3.8) is 0 Å². The maximum absolute atomic E-state index is 14.3. The summed E-state index contributed by atoms with van der Waals surface area (Å²) in [7, 11) is 1.52. The molecule has 0 radical (unpaired) electrons. The van der Waals surface area contributed by atoms with E-state index in [0.717, 1.165) is 12.8 Å². The quantitative estimate of drug-likeness (QED) is 0.864. The lowest BCUT2D eigenvalue weighted by atomic mass is 9.98. The fourth-order valence-electron chi connectivity index (χ4n) is 2.97. The van der Waals surface area contributed by atoms with Gasteiger partial charge in [0, 0.05) is 11.8 Å². The lowest BCUT2D eigenvalue weighted by Gasteiger charge is -2.22. The first-order chi connectivity index (χ1) is 12.0. The fraction of sp³-hybridized carbons (Fsp3) is 0.316. The molecule has 3 rings (SSSR count). The smallest absolute Gasteiger partial charge is 0.244 e. The number of halogens is 1. The van der Waals surface area contributed by atoms with Gasteiger partial charge in [0.15, 0.2) is 23.1 Å². The number of hydrogen-bond acceptors (Lipinski definition) is 4. The van der Waals surface area contributed by atoms with Crippen molar-refractivity contribution in [3.8, 4) is 17.2 Å². The zero-order valence-electron chi connectivity index (χ0n) is 14.0. The Morgan fingerprint density at radius 2 is 1.80 bits per heavy atom. The molecular formula is C19H21FN2O3. The van der Waals surface area contributed by atoms with Crippen LogP contribution in [0.3, 0.4) is 0 Å². The van der Waals surface area contributed by atoms with Gasteiger partial charge in [0.05, 0.1) is 12.6 Å². The number of methoxy groups -OCH3 is 1. The minimum Gasteiger partial charge on any atom is -0.493 e. The first kappa shape index (κ1) is 17.2. The summed E-state index contributed by atoms with van der Waals surface area (Å²) in [6.07, 6.45) is 3.17. The molecular weight excluding hydrogens is 323 g/mol. The molecule has 6 heteroatoms. The molecule has 0 unspecified atom stereocenters. The topological polar surface area (TPSA) is 73.6 Å². The third-order valence-corrected chi connectivity index (χ3v) is 4.43. The second-order valence-corrected chi connectivity index (χ2v) is 6.22. The average Bonchev–Trinajstić information content (AvgIpc) is 3.06. The van der Waals surface area contributed by atoms with E-state index in [0.29, 0.717) is 30.0 Å². The van der Waals surface area contributed by atoms with Crippen LogP contribution < -0.4 is 20.5 Å². The predicted molar refractivity (Wildman–Crippen MR) is 93.5 cm³/mol. The van der Waals surface area contributed by atoms with E-state index in [1.165, 1.54) is 19.2 Å². The number of nitrogens with one attached hydrogen (secondary N) is 1. The molecule has 2 aromatic carbocycles. The highest BCUT2D eigenvalue weighted by molar-refractivity contribution is 5.98. The van der Waals surface area contributed by atoms with Gasteiger partial charge in [-0.2, -0.15) is 0 Å². The molecule has 1 aliphatic rings. The Kier molecular flexibility index (Phi) is 4.90. The Morgan fingerprint density at radius 1 is 1.12 bits per heavy atom. The van der Waals surface area contributed by atoms with Crippen LogP contribution in [0.15, 0.2) is 42.5 Å². The molecule has 5 nitrogen and oxygen atoms in total. The summed E-state index contributed by atoms with van der Waals surface area (Å²) in [6, 6.07) is 11.3. The number of anilines is 1. The van der Waals surface area contributed by atoms with Crippen LogP contribution in [-0.4, -0.2) is 18.6 Å². The van der Waals surface area contributed by atoms with Gasteiger partial charge in [-0.3, -0.25) is 4.79 Å². The van der Waals surface area contributed by atoms with Crippen LogP contribution in [0, 0.1) is 5.82 Å². The summed E-state index contributed by atoms with van der Waals surface area (Å²) in [5.74, 6) is 0.105. The van der Waals surface area contributed by atoms with E-state index in [-0.39, 0.29) is 11.7 Å². The number of carbonyl (C=O) groups is 1. The van der Waals surface area contributed by atoms with Crippen LogP contribution in [0.1, 0.15) is 25.7 Å². The van der Waals surface area contributed by atoms with Gasteiger partial charge >= 0.3 is 0 Å². The monoisotopic (exact) mass is 344 g/mol. The second kappa shape index (κ2) is 7.11. The number of ether oxygens (including phenoxy) is 2. The number of para-hydroxylation sites is 2. The van der Waals surface area contributed by atoms with Crippen molar-refractivity contribution in [1.82, 2.24) is 0 Å². The Hall–Kier alpha value is -2.60. The Morgan fingerprint density at radius 3 is 2.44 bits per heavy atom. The van der Waals surface area contributed by atoms with E-state index >= 15 is 0 Å². The minimum atomic E-state index is -0.858. The van der Waals surface area contributed by atoms with Gasteiger partial charge in [0.1, 0.15) is 0 Å². The third kappa shape index (κ3) is 3.74. The number of carbonyl (C=O) groups excluding carboxylic acids is 1. The van der Waals surface area contributed by atoms with E-state index in [1.54, 1.807) is 30.3 Å². The highest BCUT2D eigenvalue weighted by atomic mass is 19.1. The van der Waals surface area contributed by atoms with Crippen molar-refractivity contribution >= 4 is 11.6 Å². The molecule has 2 aromatic rings. The van der Waals surface area contributed by atoms with Crippen molar-refractivity contribution in [2.75, 3.05) is 12.4 Å². The van der Waals surface area contributed by atoms with Crippen molar-refractivity contribution in [1.29, 1.82) is 0 Å². The minimum absolute atomic E-state index is 0.0471. The lowest BCUT2D eigenvalue weighted by Crippen LogP contribution is -2.48. The maximum Gasteiger partial charge on any atom is 0.244 e. The lowest BCUT2D eigenvalue weighted by molar-refractivity contribution is -0.121. The summed E-state index contributed by atoms with van der Waals surface area (Å²) in [4.78, 5) is 12.3. The van der Waals surface area contributed by atoms with Gasteiger partial charge in [-0.15, -0.1) is 0 Å². The van der Waals surface area contributed by atoms with Crippen LogP contribution >= 0.6 is 0 Å². The van der Waals surface area contributed by atoms with Gasteiger partial charge in [0.25, 0.3) is 0 Å². The summed E-state index contributed by atoms with van der Waals surface area (Å²) < 4.78 is 25.1. The molecule has 0 atom stereocenters. The zero-order valence-corrected chi connectivity index (χ0v) is 14.0. The molecule has 1 amide bonds. The van der Waals surface area contributed by atoms with E-state index in [1.807, 2.05) is 0 Å². The van der Waals surface area contributed by atoms with Gasteiger partial charge in [-0.1, -0.05) is 25.0 Å². The van der Waals surface area contributed by atoms with Crippen LogP contribution in [0.2, 0.25) is 0 Å². The van der Waals surface area contributed by atoms with Crippen LogP contribution in [0.5, 0.6) is 17.2 Å². The van der Waals surface area contributed by atoms with Crippen LogP contribution in [0.4, 0.5) is 10.1 Å². The number of nitrogens with two attached hydrogens (primary N) is 1. The van der Waals surface area contributed by atoms with E-state index in [9.17, 15) is 9.18 Å². The van der Waals surface area contributed by atoms with Crippen molar-refractivity contribution in [3.05, 3.63) is 48.3 Å². The van der Waals surface area contributed by atoms with Crippen molar-refractivity contribution in [2.45, 2.75) is 31.2 Å². The number of rotatable bonds is 5. The number of benzene rings is 2. The standard InChI is InChI=1S/C19H21FN2O3/c1-24-16-6-2-3-7-17(16)25-15-9-8-13(12-14(15)20)22-18(23)19(21)10-4-5-11-19/h2-3,6-9,12H,4-5,10-11,21H2,1H3,(H,22,23). The molecule has 0 aromatic heterocycles. The highest BCUT2D eigenvalue weighted by Gasteiger charge is 2.37. The van der Waals surface area contributed by atoms with Gasteiger partial charge in [-0.05, 0) is 37.1 Å². The normalized spacial score (nSPS) is 15.6. The molecule has 25 heavy (non-hydrogen) atoms. The molecule has 1 fully saturated rings. The molecule has 0 saturated heterocycles. The molecule has 0 heterocycles. The summed E-state index contributed by atoms with van der Waals surface area (Å²) in [5.41, 5.74) is 5.60. The Bertz CT molecular complexity index is 773. The van der Waals surface area contributed by atoms with Gasteiger partial charge < -0.3 is 20.5 Å². The van der Waals surface area contributed by atoms with E-state index in [2.05, 4.69) is 5.32 Å². The molecule has 1 aliphatic carbocycles. The van der Waals surface area contributed by atoms with E-state index in [4.69, 9.17) is 15.2 Å². The van der Waals surface area contributed by atoms with Gasteiger partial charge in [-0.25, -0.2) is 4.39 Å². The zero-order chi connectivity index (χ0) is 17.9. The largest absolute Gasteiger partial charge is 0.493 e. The first-order valence-corrected chi connectivity index (χ1v) is 8.22. The van der Waals surface area contributed by atoms with Crippen LogP contribution in [0.25, 0.3) is 0 Å². The SMILES string of the molecule is COc1ccccc1Oc1ccc(NC(=O)C2(N)CCCC2)cc1F. The maximum atomic E-state index is 14.3. The molecule has 0 aliphatic heterocycles. The second-order valence-electron chi connectivity index (χ2n) is 6.22. The highest BCUT2D eigenvalue weighted by Crippen LogP contribution is 2.33. The molecule has 1 saturated carbocycles. The van der Waals surface area contributed by atoms with Gasteiger partial charge in [0.2, 0.25) is 5.91 Å².